The standard InChI is InChI=1S/C10H19FN2/c1-7(2)13(8-3-4-8)10-6-12-5-9(10)11/h7-10,12H,3-6H2,1-2H3. The summed E-state index contributed by atoms with van der Waals surface area (Å²) in [4.78, 5) is 2.37. The maximum Gasteiger partial charge on any atom is 0.129 e. The van der Waals surface area contributed by atoms with Crippen molar-refractivity contribution < 1.29 is 4.39 Å². The quantitative estimate of drug-likeness (QED) is 0.711. The summed E-state index contributed by atoms with van der Waals surface area (Å²) in [7, 11) is 0. The molecular formula is C10H19FN2. The number of hydrogen-bond donors (Lipinski definition) is 1. The summed E-state index contributed by atoms with van der Waals surface area (Å²) in [6.07, 6.45) is 1.87. The van der Waals surface area contributed by atoms with Gasteiger partial charge in [-0.25, -0.2) is 4.39 Å². The number of halogens is 1. The molecule has 0 spiro atoms. The van der Waals surface area contributed by atoms with Crippen molar-refractivity contribution in [3.8, 4) is 0 Å². The van der Waals surface area contributed by atoms with Crippen molar-refractivity contribution in [3.63, 3.8) is 0 Å². The van der Waals surface area contributed by atoms with E-state index in [1.165, 1.54) is 12.8 Å². The Bertz CT molecular complexity index is 178. The van der Waals surface area contributed by atoms with Crippen LogP contribution in [0.2, 0.25) is 0 Å². The summed E-state index contributed by atoms with van der Waals surface area (Å²) < 4.78 is 13.5. The molecule has 1 saturated heterocycles. The second-order valence-corrected chi connectivity index (χ2v) is 4.51. The van der Waals surface area contributed by atoms with Crippen molar-refractivity contribution >= 4 is 0 Å². The number of hydrogen-bond acceptors (Lipinski definition) is 2. The molecule has 3 heteroatoms. The van der Waals surface area contributed by atoms with Crippen LogP contribution in [0.1, 0.15) is 26.7 Å². The maximum atomic E-state index is 13.5. The molecule has 2 fully saturated rings. The fourth-order valence-corrected chi connectivity index (χ4v) is 2.37. The molecule has 2 nitrogen and oxygen atoms in total. The van der Waals surface area contributed by atoms with Crippen molar-refractivity contribution in [1.82, 2.24) is 10.2 Å². The minimum absolute atomic E-state index is 0.132. The molecule has 1 N–H and O–H groups in total. The highest BCUT2D eigenvalue weighted by molar-refractivity contribution is 4.97. The Hall–Kier alpha value is -0.150. The first kappa shape index (κ1) is 9.41. The number of nitrogens with zero attached hydrogens (tertiary/aromatic N) is 1. The SMILES string of the molecule is CC(C)N(C1CC1)C1CNCC1F. The molecule has 2 unspecified atom stereocenters. The summed E-state index contributed by atoms with van der Waals surface area (Å²) >= 11 is 0. The van der Waals surface area contributed by atoms with Crippen molar-refractivity contribution in [3.05, 3.63) is 0 Å². The summed E-state index contributed by atoms with van der Waals surface area (Å²) in [6, 6.07) is 1.28. The molecule has 0 radical (unpaired) electrons. The van der Waals surface area contributed by atoms with E-state index in [1.54, 1.807) is 0 Å². The van der Waals surface area contributed by atoms with E-state index < -0.39 is 6.17 Å². The van der Waals surface area contributed by atoms with Gasteiger partial charge in [0.1, 0.15) is 6.17 Å². The van der Waals surface area contributed by atoms with Crippen LogP contribution in [-0.2, 0) is 0 Å². The molecule has 0 aromatic heterocycles. The van der Waals surface area contributed by atoms with Crippen molar-refractivity contribution in [2.45, 2.75) is 51.0 Å². The van der Waals surface area contributed by atoms with Gasteiger partial charge in [0.25, 0.3) is 0 Å². The molecule has 0 amide bonds. The van der Waals surface area contributed by atoms with Gasteiger partial charge in [0.15, 0.2) is 0 Å². The maximum absolute atomic E-state index is 13.5. The van der Waals surface area contributed by atoms with Crippen LogP contribution < -0.4 is 5.32 Å². The van der Waals surface area contributed by atoms with Gasteiger partial charge >= 0.3 is 0 Å². The minimum atomic E-state index is -0.664. The monoisotopic (exact) mass is 186 g/mol. The summed E-state index contributed by atoms with van der Waals surface area (Å²) in [5.74, 6) is 0. The van der Waals surface area contributed by atoms with Crippen molar-refractivity contribution in [1.29, 1.82) is 0 Å². The van der Waals surface area contributed by atoms with Crippen LogP contribution in [0.25, 0.3) is 0 Å². The van der Waals surface area contributed by atoms with Gasteiger partial charge in [0.05, 0.1) is 6.04 Å². The van der Waals surface area contributed by atoms with Gasteiger partial charge in [-0.1, -0.05) is 0 Å². The van der Waals surface area contributed by atoms with Gasteiger partial charge in [-0.2, -0.15) is 0 Å². The number of nitrogens with one attached hydrogen (secondary N) is 1. The Morgan fingerprint density at radius 3 is 2.38 bits per heavy atom. The molecule has 0 aromatic rings. The van der Waals surface area contributed by atoms with E-state index in [-0.39, 0.29) is 6.04 Å². The van der Waals surface area contributed by atoms with E-state index in [2.05, 4.69) is 24.1 Å². The van der Waals surface area contributed by atoms with Crippen LogP contribution in [0.5, 0.6) is 0 Å². The zero-order valence-corrected chi connectivity index (χ0v) is 8.46. The Morgan fingerprint density at radius 1 is 1.31 bits per heavy atom. The second-order valence-electron chi connectivity index (χ2n) is 4.51. The molecule has 13 heavy (non-hydrogen) atoms. The fourth-order valence-electron chi connectivity index (χ4n) is 2.37. The van der Waals surface area contributed by atoms with Crippen molar-refractivity contribution in [2.24, 2.45) is 0 Å². The Balaban J connectivity index is 2.01. The molecule has 2 aliphatic rings. The number of alkyl halides is 1. The molecule has 1 aliphatic heterocycles. The molecular weight excluding hydrogens is 167 g/mol. The Morgan fingerprint density at radius 2 is 2.00 bits per heavy atom. The third-order valence-corrected chi connectivity index (χ3v) is 3.06. The molecule has 2 atom stereocenters. The molecule has 1 heterocycles. The van der Waals surface area contributed by atoms with Gasteiger partial charge in [-0.05, 0) is 26.7 Å². The lowest BCUT2D eigenvalue weighted by molar-refractivity contribution is 0.104. The summed E-state index contributed by atoms with van der Waals surface area (Å²) in [6.45, 7) is 5.71. The third kappa shape index (κ3) is 1.86. The predicted molar refractivity (Wildman–Crippen MR) is 51.6 cm³/mol. The van der Waals surface area contributed by atoms with E-state index >= 15 is 0 Å². The summed E-state index contributed by atoms with van der Waals surface area (Å²) in [5.41, 5.74) is 0. The van der Waals surface area contributed by atoms with Crippen LogP contribution in [0.4, 0.5) is 4.39 Å². The van der Waals surface area contributed by atoms with Crippen LogP contribution >= 0.6 is 0 Å². The minimum Gasteiger partial charge on any atom is -0.312 e. The molecule has 0 bridgehead atoms. The number of rotatable bonds is 3. The highest BCUT2D eigenvalue weighted by atomic mass is 19.1. The van der Waals surface area contributed by atoms with Gasteiger partial charge in [-0.3, -0.25) is 4.90 Å². The van der Waals surface area contributed by atoms with Gasteiger partial charge < -0.3 is 5.32 Å². The predicted octanol–water partition coefficient (Wildman–Crippen LogP) is 1.17. The first-order valence-electron chi connectivity index (χ1n) is 5.32. The smallest absolute Gasteiger partial charge is 0.129 e. The lowest BCUT2D eigenvalue weighted by Crippen LogP contribution is -2.47. The normalized spacial score (nSPS) is 34.8. The first-order valence-corrected chi connectivity index (χ1v) is 5.32. The molecule has 1 aliphatic carbocycles. The Labute approximate surface area is 79.5 Å². The van der Waals surface area contributed by atoms with Crippen LogP contribution in [0.15, 0.2) is 0 Å². The van der Waals surface area contributed by atoms with Gasteiger partial charge in [-0.15, -0.1) is 0 Å². The highest BCUT2D eigenvalue weighted by Crippen LogP contribution is 2.32. The molecule has 1 saturated carbocycles. The van der Waals surface area contributed by atoms with Crippen molar-refractivity contribution in [2.75, 3.05) is 13.1 Å². The lowest BCUT2D eigenvalue weighted by Gasteiger charge is -2.33. The fraction of sp³-hybridized carbons (Fsp3) is 1.00. The van der Waals surface area contributed by atoms with E-state index in [9.17, 15) is 4.39 Å². The molecule has 76 valence electrons. The average molecular weight is 186 g/mol. The first-order chi connectivity index (χ1) is 6.20. The topological polar surface area (TPSA) is 15.3 Å². The zero-order valence-electron chi connectivity index (χ0n) is 8.46. The van der Waals surface area contributed by atoms with E-state index in [1.807, 2.05) is 0 Å². The highest BCUT2D eigenvalue weighted by Gasteiger charge is 2.41. The van der Waals surface area contributed by atoms with Gasteiger partial charge in [0.2, 0.25) is 0 Å². The van der Waals surface area contributed by atoms with E-state index in [0.29, 0.717) is 18.6 Å². The third-order valence-electron chi connectivity index (χ3n) is 3.06. The lowest BCUT2D eigenvalue weighted by atomic mass is 10.1. The summed E-state index contributed by atoms with van der Waals surface area (Å²) in [5, 5.41) is 3.12. The van der Waals surface area contributed by atoms with Crippen LogP contribution in [-0.4, -0.2) is 42.3 Å². The second kappa shape index (κ2) is 3.54. The molecule has 0 aromatic carbocycles. The zero-order chi connectivity index (χ0) is 9.42. The van der Waals surface area contributed by atoms with E-state index in [0.717, 1.165) is 6.54 Å². The van der Waals surface area contributed by atoms with Crippen LogP contribution in [0.3, 0.4) is 0 Å². The van der Waals surface area contributed by atoms with Gasteiger partial charge in [0, 0.05) is 25.2 Å². The van der Waals surface area contributed by atoms with Crippen LogP contribution in [0, 0.1) is 0 Å². The average Bonchev–Trinajstić information content (AvgIpc) is 2.78. The van der Waals surface area contributed by atoms with E-state index in [4.69, 9.17) is 0 Å². The Kier molecular flexibility index (Phi) is 2.56. The molecule has 2 rings (SSSR count). The largest absolute Gasteiger partial charge is 0.312 e.